The summed E-state index contributed by atoms with van der Waals surface area (Å²) < 4.78 is 5.54. The molecule has 22 heavy (non-hydrogen) atoms. The van der Waals surface area contributed by atoms with E-state index in [2.05, 4.69) is 48.3 Å². The fourth-order valence-electron chi connectivity index (χ4n) is 3.11. The Morgan fingerprint density at radius 2 is 1.82 bits per heavy atom. The Bertz CT molecular complexity index is 603. The van der Waals surface area contributed by atoms with Crippen LogP contribution in [0.2, 0.25) is 0 Å². The molecule has 1 aromatic heterocycles. The van der Waals surface area contributed by atoms with Gasteiger partial charge in [-0.2, -0.15) is 4.98 Å². The molecule has 4 nitrogen and oxygen atoms in total. The Hall–Kier alpha value is -1.39. The number of nitrogens with two attached hydrogens (primary N) is 1. The monoisotopic (exact) mass is 321 g/mol. The zero-order chi connectivity index (χ0) is 14.9. The van der Waals surface area contributed by atoms with Gasteiger partial charge in [0.25, 0.3) is 0 Å². The van der Waals surface area contributed by atoms with Gasteiger partial charge < -0.3 is 10.3 Å². The van der Waals surface area contributed by atoms with Crippen molar-refractivity contribution in [2.45, 2.75) is 56.9 Å². The van der Waals surface area contributed by atoms with E-state index < -0.39 is 0 Å². The maximum atomic E-state index is 6.40. The van der Waals surface area contributed by atoms with Crippen LogP contribution < -0.4 is 5.73 Å². The molecule has 0 amide bonds. The summed E-state index contributed by atoms with van der Waals surface area (Å²) in [6.45, 7) is 4.27. The van der Waals surface area contributed by atoms with Gasteiger partial charge in [-0.25, -0.2) is 0 Å². The molecule has 1 aliphatic carbocycles. The van der Waals surface area contributed by atoms with Gasteiger partial charge in [0, 0.05) is 5.41 Å². The predicted molar refractivity (Wildman–Crippen MR) is 89.1 cm³/mol. The quantitative estimate of drug-likeness (QED) is 0.931. The molecule has 2 aromatic rings. The van der Waals surface area contributed by atoms with Crippen LogP contribution in [0.25, 0.3) is 0 Å². The van der Waals surface area contributed by atoms with Crippen LogP contribution >= 0.6 is 12.4 Å². The maximum absolute atomic E-state index is 6.40. The minimum Gasteiger partial charge on any atom is -0.339 e. The highest BCUT2D eigenvalue weighted by Crippen LogP contribution is 2.36. The molecule has 0 saturated heterocycles. The molecule has 0 aliphatic heterocycles. The highest BCUT2D eigenvalue weighted by Gasteiger charge is 2.38. The zero-order valence-electron chi connectivity index (χ0n) is 13.2. The standard InChI is InChI=1S/C17H23N3O.ClH/c1-16(2,12-13-8-4-3-5-9-13)15-19-14(20-21-15)17(18)10-6-7-11-17;/h3-5,8-9H,6-7,10-12,18H2,1-2H3;1H. The molecule has 0 atom stereocenters. The molecule has 120 valence electrons. The van der Waals surface area contributed by atoms with Crippen molar-refractivity contribution in [3.63, 3.8) is 0 Å². The van der Waals surface area contributed by atoms with E-state index in [1.54, 1.807) is 0 Å². The summed E-state index contributed by atoms with van der Waals surface area (Å²) in [7, 11) is 0. The average molecular weight is 322 g/mol. The molecule has 0 spiro atoms. The number of aromatic nitrogens is 2. The first-order chi connectivity index (χ1) is 10.00. The molecular weight excluding hydrogens is 298 g/mol. The molecule has 0 unspecified atom stereocenters. The van der Waals surface area contributed by atoms with Gasteiger partial charge in [0.05, 0.1) is 5.54 Å². The first-order valence-corrected chi connectivity index (χ1v) is 7.67. The Morgan fingerprint density at radius 3 is 2.45 bits per heavy atom. The van der Waals surface area contributed by atoms with E-state index >= 15 is 0 Å². The Labute approximate surface area is 137 Å². The predicted octanol–water partition coefficient (Wildman–Crippen LogP) is 3.74. The topological polar surface area (TPSA) is 64.9 Å². The van der Waals surface area contributed by atoms with Gasteiger partial charge in [-0.05, 0) is 24.8 Å². The summed E-state index contributed by atoms with van der Waals surface area (Å²) in [4.78, 5) is 4.63. The van der Waals surface area contributed by atoms with Crippen LogP contribution in [0.1, 0.15) is 56.8 Å². The first kappa shape index (κ1) is 17.0. The van der Waals surface area contributed by atoms with Crippen molar-refractivity contribution in [1.29, 1.82) is 0 Å². The lowest BCUT2D eigenvalue weighted by Crippen LogP contribution is -2.34. The second-order valence-corrected chi connectivity index (χ2v) is 6.83. The van der Waals surface area contributed by atoms with Gasteiger partial charge in [0.2, 0.25) is 5.89 Å². The molecule has 1 heterocycles. The Kier molecular flexibility index (Phi) is 4.93. The molecule has 1 aliphatic rings. The van der Waals surface area contributed by atoms with Crippen LogP contribution in [-0.2, 0) is 17.4 Å². The van der Waals surface area contributed by atoms with Crippen molar-refractivity contribution < 1.29 is 4.52 Å². The van der Waals surface area contributed by atoms with Gasteiger partial charge in [0.15, 0.2) is 5.82 Å². The van der Waals surface area contributed by atoms with Crippen LogP contribution in [0, 0.1) is 0 Å². The number of halogens is 1. The molecule has 3 rings (SSSR count). The fourth-order valence-corrected chi connectivity index (χ4v) is 3.11. The number of rotatable bonds is 4. The van der Waals surface area contributed by atoms with Gasteiger partial charge in [-0.15, -0.1) is 12.4 Å². The zero-order valence-corrected chi connectivity index (χ0v) is 14.0. The smallest absolute Gasteiger partial charge is 0.232 e. The highest BCUT2D eigenvalue weighted by molar-refractivity contribution is 5.85. The van der Waals surface area contributed by atoms with Crippen molar-refractivity contribution in [2.75, 3.05) is 0 Å². The average Bonchev–Trinajstić information content (AvgIpc) is 3.09. The van der Waals surface area contributed by atoms with Crippen molar-refractivity contribution in [2.24, 2.45) is 5.73 Å². The van der Waals surface area contributed by atoms with E-state index in [1.165, 1.54) is 5.56 Å². The fraction of sp³-hybridized carbons (Fsp3) is 0.529. The molecule has 0 radical (unpaired) electrons. The third kappa shape index (κ3) is 3.33. The third-order valence-corrected chi connectivity index (χ3v) is 4.43. The van der Waals surface area contributed by atoms with Crippen molar-refractivity contribution >= 4 is 12.4 Å². The molecule has 0 bridgehead atoms. The summed E-state index contributed by atoms with van der Waals surface area (Å²) in [5.74, 6) is 1.36. The van der Waals surface area contributed by atoms with E-state index in [0.717, 1.165) is 32.1 Å². The van der Waals surface area contributed by atoms with Gasteiger partial charge in [-0.3, -0.25) is 0 Å². The lowest BCUT2D eigenvalue weighted by Gasteiger charge is -2.20. The van der Waals surface area contributed by atoms with E-state index in [4.69, 9.17) is 10.3 Å². The number of benzene rings is 1. The Balaban J connectivity index is 0.00000176. The van der Waals surface area contributed by atoms with Crippen molar-refractivity contribution in [3.8, 4) is 0 Å². The lowest BCUT2D eigenvalue weighted by atomic mass is 9.85. The lowest BCUT2D eigenvalue weighted by molar-refractivity contribution is 0.297. The summed E-state index contributed by atoms with van der Waals surface area (Å²) in [6.07, 6.45) is 5.06. The Morgan fingerprint density at radius 1 is 1.18 bits per heavy atom. The highest BCUT2D eigenvalue weighted by atomic mass is 35.5. The van der Waals surface area contributed by atoms with E-state index in [1.807, 2.05) is 6.07 Å². The van der Waals surface area contributed by atoms with Crippen LogP contribution in [0.4, 0.5) is 0 Å². The second-order valence-electron chi connectivity index (χ2n) is 6.83. The summed E-state index contributed by atoms with van der Waals surface area (Å²) in [5.41, 5.74) is 7.10. The van der Waals surface area contributed by atoms with Gasteiger partial charge in [0.1, 0.15) is 0 Å². The molecule has 1 fully saturated rings. The summed E-state index contributed by atoms with van der Waals surface area (Å²) >= 11 is 0. The van der Waals surface area contributed by atoms with Crippen LogP contribution in [-0.4, -0.2) is 10.1 Å². The van der Waals surface area contributed by atoms with Gasteiger partial charge >= 0.3 is 0 Å². The van der Waals surface area contributed by atoms with Crippen molar-refractivity contribution in [1.82, 2.24) is 10.1 Å². The van der Waals surface area contributed by atoms with Gasteiger partial charge in [-0.1, -0.05) is 62.2 Å². The SMILES string of the molecule is CC(C)(Cc1ccccc1)c1nc(C2(N)CCCC2)no1.Cl. The number of nitrogens with zero attached hydrogens (tertiary/aromatic N) is 2. The normalized spacial score (nSPS) is 17.2. The van der Waals surface area contributed by atoms with E-state index in [0.29, 0.717) is 11.7 Å². The molecule has 1 aromatic carbocycles. The van der Waals surface area contributed by atoms with Crippen LogP contribution in [0.15, 0.2) is 34.9 Å². The second kappa shape index (κ2) is 6.39. The minimum absolute atomic E-state index is 0. The molecular formula is C17H24ClN3O. The van der Waals surface area contributed by atoms with Crippen LogP contribution in [0.5, 0.6) is 0 Å². The number of hydrogen-bond acceptors (Lipinski definition) is 4. The minimum atomic E-state index is -0.384. The molecule has 5 heteroatoms. The molecule has 1 saturated carbocycles. The van der Waals surface area contributed by atoms with Crippen molar-refractivity contribution in [3.05, 3.63) is 47.6 Å². The summed E-state index contributed by atoms with van der Waals surface area (Å²) in [5, 5.41) is 4.17. The third-order valence-electron chi connectivity index (χ3n) is 4.43. The van der Waals surface area contributed by atoms with E-state index in [-0.39, 0.29) is 23.4 Å². The van der Waals surface area contributed by atoms with E-state index in [9.17, 15) is 0 Å². The maximum Gasteiger partial charge on any atom is 0.232 e. The number of hydrogen-bond donors (Lipinski definition) is 1. The first-order valence-electron chi connectivity index (χ1n) is 7.67. The largest absolute Gasteiger partial charge is 0.339 e. The molecule has 2 N–H and O–H groups in total. The van der Waals surface area contributed by atoms with Crippen LogP contribution in [0.3, 0.4) is 0 Å². The summed E-state index contributed by atoms with van der Waals surface area (Å²) in [6, 6.07) is 10.4.